The van der Waals surface area contributed by atoms with Crippen LogP contribution in [0.2, 0.25) is 0 Å². The van der Waals surface area contributed by atoms with Crippen LogP contribution >= 0.6 is 0 Å². The van der Waals surface area contributed by atoms with Crippen molar-refractivity contribution < 1.29 is 4.90 Å². The fourth-order valence-corrected chi connectivity index (χ4v) is 1.99. The van der Waals surface area contributed by atoms with Crippen LogP contribution in [-0.2, 0) is 0 Å². The van der Waals surface area contributed by atoms with Crippen LogP contribution in [0.3, 0.4) is 0 Å². The van der Waals surface area contributed by atoms with E-state index in [0.717, 1.165) is 12.1 Å². The summed E-state index contributed by atoms with van der Waals surface area (Å²) in [6.45, 7) is 7.19. The van der Waals surface area contributed by atoms with E-state index in [4.69, 9.17) is 0 Å². The third kappa shape index (κ3) is 2.46. The summed E-state index contributed by atoms with van der Waals surface area (Å²) in [5, 5.41) is 0. The average molecular weight is 171 g/mol. The van der Waals surface area contributed by atoms with Crippen LogP contribution in [-0.4, -0.2) is 44.2 Å². The van der Waals surface area contributed by atoms with E-state index >= 15 is 0 Å². The Kier molecular flexibility index (Phi) is 3.53. The molecule has 2 heteroatoms. The van der Waals surface area contributed by atoms with E-state index in [0.29, 0.717) is 0 Å². The van der Waals surface area contributed by atoms with Crippen molar-refractivity contribution in [3.63, 3.8) is 0 Å². The molecule has 0 aliphatic carbocycles. The van der Waals surface area contributed by atoms with Gasteiger partial charge in [0.15, 0.2) is 0 Å². The molecule has 1 fully saturated rings. The summed E-state index contributed by atoms with van der Waals surface area (Å²) >= 11 is 0. The lowest BCUT2D eigenvalue weighted by molar-refractivity contribution is -0.887. The Balaban J connectivity index is 2.30. The molecule has 72 valence electrons. The molecule has 0 unspecified atom stereocenters. The first-order valence-electron chi connectivity index (χ1n) is 5.15. The van der Waals surface area contributed by atoms with Gasteiger partial charge < -0.3 is 9.80 Å². The molecule has 2 nitrogen and oxygen atoms in total. The Morgan fingerprint density at radius 2 is 1.67 bits per heavy atom. The molecule has 12 heavy (non-hydrogen) atoms. The molecule has 1 heterocycles. The van der Waals surface area contributed by atoms with Crippen molar-refractivity contribution in [3.05, 3.63) is 0 Å². The molecule has 0 aromatic rings. The van der Waals surface area contributed by atoms with Gasteiger partial charge in [-0.05, 0) is 13.8 Å². The minimum Gasteiger partial charge on any atom is -0.337 e. The molecule has 0 bridgehead atoms. The molecular formula is C10H23N2+. The number of nitrogens with one attached hydrogen (secondary N) is 1. The van der Waals surface area contributed by atoms with E-state index in [1.807, 2.05) is 0 Å². The van der Waals surface area contributed by atoms with Gasteiger partial charge in [0.25, 0.3) is 0 Å². The van der Waals surface area contributed by atoms with Gasteiger partial charge in [0, 0.05) is 32.0 Å². The smallest absolute Gasteiger partial charge is 0.0895 e. The predicted octanol–water partition coefficient (Wildman–Crippen LogP) is 0.00370. The van der Waals surface area contributed by atoms with E-state index in [-0.39, 0.29) is 0 Å². The Hall–Kier alpha value is -0.0800. The molecule has 0 aromatic carbocycles. The highest BCUT2D eigenvalue weighted by molar-refractivity contribution is 4.73. The molecule has 0 amide bonds. The van der Waals surface area contributed by atoms with Crippen molar-refractivity contribution in [2.24, 2.45) is 0 Å². The van der Waals surface area contributed by atoms with Gasteiger partial charge in [-0.2, -0.15) is 0 Å². The monoisotopic (exact) mass is 171 g/mol. The highest BCUT2D eigenvalue weighted by Crippen LogP contribution is 2.10. The Bertz CT molecular complexity index is 108. The molecule has 1 N–H and O–H groups in total. The van der Waals surface area contributed by atoms with Gasteiger partial charge in [0.1, 0.15) is 0 Å². The standard InChI is InChI=1S/C10H22N2/c1-9(2)12-7-5-10(6-8-12)11(3)4/h9-10H,5-8H2,1-4H3/p+1. The van der Waals surface area contributed by atoms with Crippen LogP contribution in [0.1, 0.15) is 26.7 Å². The fraction of sp³-hybridized carbons (Fsp3) is 1.00. The van der Waals surface area contributed by atoms with Gasteiger partial charge in [0.05, 0.1) is 20.1 Å². The van der Waals surface area contributed by atoms with E-state index < -0.39 is 0 Å². The molecule has 0 spiro atoms. The number of likely N-dealkylation sites (tertiary alicyclic amines) is 1. The summed E-state index contributed by atoms with van der Waals surface area (Å²) in [6.07, 6.45) is 2.75. The molecule has 0 saturated carbocycles. The number of quaternary nitrogens is 1. The van der Waals surface area contributed by atoms with Crippen LogP contribution < -0.4 is 4.90 Å². The quantitative estimate of drug-likeness (QED) is 0.615. The van der Waals surface area contributed by atoms with Crippen LogP contribution in [0.15, 0.2) is 0 Å². The maximum Gasteiger partial charge on any atom is 0.0895 e. The second kappa shape index (κ2) is 4.24. The molecule has 1 aliphatic heterocycles. The second-order valence-corrected chi connectivity index (χ2v) is 4.48. The van der Waals surface area contributed by atoms with Gasteiger partial charge in [-0.3, -0.25) is 0 Å². The normalized spacial score (nSPS) is 22.5. The summed E-state index contributed by atoms with van der Waals surface area (Å²) in [6, 6.07) is 1.64. The van der Waals surface area contributed by atoms with Gasteiger partial charge >= 0.3 is 0 Å². The third-order valence-corrected chi connectivity index (χ3v) is 3.08. The highest BCUT2D eigenvalue weighted by Gasteiger charge is 2.23. The van der Waals surface area contributed by atoms with Crippen molar-refractivity contribution in [2.45, 2.75) is 38.8 Å². The Morgan fingerprint density at radius 3 is 2.00 bits per heavy atom. The van der Waals surface area contributed by atoms with Crippen molar-refractivity contribution in [2.75, 3.05) is 27.2 Å². The lowest BCUT2D eigenvalue weighted by Crippen LogP contribution is -3.10. The molecular weight excluding hydrogens is 148 g/mol. The van der Waals surface area contributed by atoms with Crippen LogP contribution in [0, 0.1) is 0 Å². The zero-order chi connectivity index (χ0) is 9.14. The van der Waals surface area contributed by atoms with Crippen LogP contribution in [0.4, 0.5) is 0 Å². The number of hydrogen-bond donors (Lipinski definition) is 1. The van der Waals surface area contributed by atoms with E-state index in [2.05, 4.69) is 32.8 Å². The minimum atomic E-state index is 0.739. The molecule has 1 aliphatic rings. The van der Waals surface area contributed by atoms with Gasteiger partial charge in [0.2, 0.25) is 0 Å². The predicted molar refractivity (Wildman–Crippen MR) is 52.5 cm³/mol. The number of piperidine rings is 1. The Morgan fingerprint density at radius 1 is 1.17 bits per heavy atom. The van der Waals surface area contributed by atoms with Crippen LogP contribution in [0.25, 0.3) is 0 Å². The molecule has 0 aromatic heterocycles. The summed E-state index contributed by atoms with van der Waals surface area (Å²) in [5.74, 6) is 0. The van der Waals surface area contributed by atoms with E-state index in [1.54, 1.807) is 4.90 Å². The average Bonchev–Trinajstić information content (AvgIpc) is 2.04. The summed E-state index contributed by atoms with van der Waals surface area (Å²) in [7, 11) is 4.55. The minimum absolute atomic E-state index is 0.739. The third-order valence-electron chi connectivity index (χ3n) is 3.08. The van der Waals surface area contributed by atoms with E-state index in [1.165, 1.54) is 25.9 Å². The first-order chi connectivity index (χ1) is 5.61. The van der Waals surface area contributed by atoms with Gasteiger partial charge in [-0.15, -0.1) is 0 Å². The first-order valence-corrected chi connectivity index (χ1v) is 5.15. The number of rotatable bonds is 2. The van der Waals surface area contributed by atoms with Crippen LogP contribution in [0.5, 0.6) is 0 Å². The van der Waals surface area contributed by atoms with Crippen molar-refractivity contribution in [1.29, 1.82) is 0 Å². The topological polar surface area (TPSA) is 7.68 Å². The molecule has 1 saturated heterocycles. The Labute approximate surface area is 76.5 Å². The SMILES string of the molecule is CC(C)N1CCC([NH+](C)C)CC1. The lowest BCUT2D eigenvalue weighted by Gasteiger charge is -2.35. The first kappa shape index (κ1) is 10.0. The maximum absolute atomic E-state index is 2.58. The largest absolute Gasteiger partial charge is 0.337 e. The van der Waals surface area contributed by atoms with Crippen molar-refractivity contribution >= 4 is 0 Å². The zero-order valence-electron chi connectivity index (χ0n) is 8.93. The fourth-order valence-electron chi connectivity index (χ4n) is 1.99. The van der Waals surface area contributed by atoms with Gasteiger partial charge in [-0.25, -0.2) is 0 Å². The highest BCUT2D eigenvalue weighted by atomic mass is 15.2. The second-order valence-electron chi connectivity index (χ2n) is 4.48. The summed E-state index contributed by atoms with van der Waals surface area (Å²) < 4.78 is 0. The molecule has 1 rings (SSSR count). The van der Waals surface area contributed by atoms with Crippen molar-refractivity contribution in [1.82, 2.24) is 4.90 Å². The van der Waals surface area contributed by atoms with Crippen molar-refractivity contribution in [3.8, 4) is 0 Å². The summed E-state index contributed by atoms with van der Waals surface area (Å²) in [4.78, 5) is 4.21. The van der Waals surface area contributed by atoms with Gasteiger partial charge in [-0.1, -0.05) is 0 Å². The molecule has 0 radical (unpaired) electrons. The zero-order valence-corrected chi connectivity index (χ0v) is 8.93. The number of hydrogen-bond acceptors (Lipinski definition) is 1. The maximum atomic E-state index is 2.58. The number of nitrogens with zero attached hydrogens (tertiary/aromatic N) is 1. The molecule has 0 atom stereocenters. The lowest BCUT2D eigenvalue weighted by atomic mass is 10.0. The summed E-state index contributed by atoms with van der Waals surface area (Å²) in [5.41, 5.74) is 0. The van der Waals surface area contributed by atoms with E-state index in [9.17, 15) is 0 Å².